The van der Waals surface area contributed by atoms with E-state index in [1.165, 1.54) is 12.8 Å². The summed E-state index contributed by atoms with van der Waals surface area (Å²) in [5.41, 5.74) is 0. The average Bonchev–Trinajstić information content (AvgIpc) is 4.07. The van der Waals surface area contributed by atoms with Gasteiger partial charge in [-0.05, 0) is 75.7 Å². The maximum absolute atomic E-state index is 9.45. The van der Waals surface area contributed by atoms with E-state index in [-0.39, 0.29) is 20.6 Å². The monoisotopic (exact) mass is 820 g/mol. The van der Waals surface area contributed by atoms with Crippen LogP contribution in [-0.4, -0.2) is 96.3 Å². The van der Waals surface area contributed by atoms with E-state index in [2.05, 4.69) is 73.6 Å². The normalized spacial score (nSPS) is 15.1. The van der Waals surface area contributed by atoms with Crippen molar-refractivity contribution in [2.24, 2.45) is 0 Å². The summed E-state index contributed by atoms with van der Waals surface area (Å²) in [6, 6.07) is 29.0. The van der Waals surface area contributed by atoms with Crippen molar-refractivity contribution in [2.75, 3.05) is 46.2 Å². The highest BCUT2D eigenvalue weighted by Crippen LogP contribution is 2.15. The third-order valence-electron chi connectivity index (χ3n) is 5.93. The van der Waals surface area contributed by atoms with E-state index < -0.39 is 32.7 Å². The first-order chi connectivity index (χ1) is 25.9. The molecule has 5 rings (SSSR count). The van der Waals surface area contributed by atoms with Gasteiger partial charge in [0.05, 0.1) is 26.4 Å². The maximum Gasteiger partial charge on any atom is 0.310 e. The van der Waals surface area contributed by atoms with E-state index in [9.17, 15) is 5.11 Å². The van der Waals surface area contributed by atoms with Gasteiger partial charge in [-0.25, -0.2) is 0 Å². The molecular weight excluding hydrogens is 745 g/mol. The fraction of sp³-hybridized carbons (Fsp3) is 0.535. The Morgan fingerprint density at radius 3 is 1.29 bits per heavy atom. The van der Waals surface area contributed by atoms with E-state index in [1.807, 2.05) is 91.0 Å². The highest BCUT2D eigenvalue weighted by Gasteiger charge is 2.26. The number of hydrogen-bond donors (Lipinski definition) is 1. The Morgan fingerprint density at radius 1 is 0.673 bits per heavy atom. The summed E-state index contributed by atoms with van der Waals surface area (Å²) in [6.45, 7) is 29.1. The predicted molar refractivity (Wildman–Crippen MR) is 238 cm³/mol. The predicted octanol–water partition coefficient (Wildman–Crippen LogP) is 9.71. The van der Waals surface area contributed by atoms with Crippen LogP contribution in [0.5, 0.6) is 17.2 Å². The van der Waals surface area contributed by atoms with Crippen LogP contribution in [0.1, 0.15) is 48.0 Å². The van der Waals surface area contributed by atoms with Crippen molar-refractivity contribution in [1.29, 1.82) is 0 Å². The first kappa shape index (κ1) is 54.3. The molecule has 3 unspecified atom stereocenters. The molecule has 2 heterocycles. The summed E-state index contributed by atoms with van der Waals surface area (Å²) in [6.07, 6.45) is 4.22. The van der Waals surface area contributed by atoms with E-state index in [0.717, 1.165) is 30.5 Å². The summed E-state index contributed by atoms with van der Waals surface area (Å²) >= 11 is 0. The average molecular weight is 821 g/mol. The van der Waals surface area contributed by atoms with E-state index in [1.54, 1.807) is 6.08 Å². The Balaban J connectivity index is 0. The molecule has 9 nitrogen and oxygen atoms in total. The van der Waals surface area contributed by atoms with Crippen molar-refractivity contribution in [1.82, 2.24) is 0 Å². The minimum absolute atomic E-state index is 0. The van der Waals surface area contributed by atoms with Crippen molar-refractivity contribution in [3.8, 4) is 17.2 Å². The quantitative estimate of drug-likeness (QED) is 0.0618. The lowest BCUT2D eigenvalue weighted by Crippen LogP contribution is -2.42. The molecule has 0 spiro atoms. The Labute approximate surface area is 340 Å². The standard InChI is InChI=1S/C12H16O3.2C9H10O2.C6H20O2Si3.2C3H8.CH4/c1-2-8-14-9-11(13)10-15-12-6-4-3-5-7-12;2*1-2-4-8(5-3-1)10-6-9-7-11-9;1-9(2)7-11(5,6)8-10(3)4;2*1-3-2;/h2-7,11,13H,1,8-10H2;2*1-5,9H,6-7H2;9-10H,1-6H3;2*3H2,1-2H3;1H4. The molecule has 0 saturated carbocycles. The second-order valence-corrected chi connectivity index (χ2v) is 22.3. The van der Waals surface area contributed by atoms with Crippen molar-refractivity contribution in [2.45, 2.75) is 106 Å². The van der Waals surface area contributed by atoms with Crippen molar-refractivity contribution >= 4 is 26.6 Å². The largest absolute Gasteiger partial charge is 0.491 e. The van der Waals surface area contributed by atoms with Gasteiger partial charge in [0.2, 0.25) is 0 Å². The number of benzene rings is 3. The molecule has 2 fully saturated rings. The Kier molecular flexibility index (Phi) is 35.2. The maximum atomic E-state index is 9.45. The van der Waals surface area contributed by atoms with Crippen LogP contribution in [0.4, 0.5) is 0 Å². The minimum Gasteiger partial charge on any atom is -0.491 e. The molecule has 2 saturated heterocycles. The Morgan fingerprint density at radius 2 is 1.00 bits per heavy atom. The zero-order chi connectivity index (χ0) is 40.5. The smallest absolute Gasteiger partial charge is 0.310 e. The number of rotatable bonds is 17. The van der Waals surface area contributed by atoms with Gasteiger partial charge in [0.1, 0.15) is 55.4 Å². The number of para-hydroxylation sites is 3. The molecule has 3 aromatic carbocycles. The summed E-state index contributed by atoms with van der Waals surface area (Å²) in [4.78, 5) is 0. The molecule has 1 N–H and O–H groups in total. The Hall–Kier alpha value is -2.79. The third kappa shape index (κ3) is 37.9. The lowest BCUT2D eigenvalue weighted by Gasteiger charge is -2.27. The molecule has 0 aromatic heterocycles. The van der Waals surface area contributed by atoms with Crippen LogP contribution in [0, 0.1) is 0 Å². The van der Waals surface area contributed by atoms with Gasteiger partial charge >= 0.3 is 8.56 Å². The SMILES string of the molecule is C.C=CCOCC(O)COc1ccccc1.CCC.CCC.C[SiH](C)O[Si](C)(C)O[SiH](C)C.c1ccc(OCC2CO2)cc1.c1ccc(OCC2CO2)cc1. The molecule has 3 atom stereocenters. The molecule has 12 heteroatoms. The number of ether oxygens (including phenoxy) is 6. The van der Waals surface area contributed by atoms with Crippen LogP contribution in [-0.2, 0) is 22.4 Å². The number of aliphatic hydroxyl groups is 1. The second kappa shape index (κ2) is 35.6. The molecule has 0 amide bonds. The van der Waals surface area contributed by atoms with E-state index >= 15 is 0 Å². The number of epoxide rings is 2. The minimum atomic E-state index is -1.71. The van der Waals surface area contributed by atoms with Crippen LogP contribution >= 0.6 is 0 Å². The van der Waals surface area contributed by atoms with Gasteiger partial charge in [-0.15, -0.1) is 6.58 Å². The van der Waals surface area contributed by atoms with Gasteiger partial charge in [0.15, 0.2) is 18.1 Å². The lowest BCUT2D eigenvalue weighted by atomic mass is 10.3. The molecule has 0 radical (unpaired) electrons. The van der Waals surface area contributed by atoms with E-state index in [4.69, 9.17) is 36.7 Å². The number of aliphatic hydroxyl groups excluding tert-OH is 1. The fourth-order valence-electron chi connectivity index (χ4n) is 3.95. The molecule has 2 aliphatic rings. The number of hydrogen-bond acceptors (Lipinski definition) is 9. The van der Waals surface area contributed by atoms with Crippen molar-refractivity contribution < 1.29 is 41.8 Å². The fourth-order valence-corrected chi connectivity index (χ4v) is 13.8. The zero-order valence-corrected chi connectivity index (χ0v) is 38.2. The van der Waals surface area contributed by atoms with E-state index in [0.29, 0.717) is 32.0 Å². The summed E-state index contributed by atoms with van der Waals surface area (Å²) in [5.74, 6) is 2.59. The topological polar surface area (TPSA) is 101 Å². The second-order valence-electron chi connectivity index (χ2n) is 13.4. The van der Waals surface area contributed by atoms with Crippen molar-refractivity contribution in [3.63, 3.8) is 0 Å². The first-order valence-electron chi connectivity index (χ1n) is 19.4. The lowest BCUT2D eigenvalue weighted by molar-refractivity contribution is 0.0214. The van der Waals surface area contributed by atoms with Crippen LogP contribution in [0.2, 0.25) is 39.3 Å². The van der Waals surface area contributed by atoms with Gasteiger partial charge in [0, 0.05) is 0 Å². The highest BCUT2D eigenvalue weighted by atomic mass is 28.5. The van der Waals surface area contributed by atoms with Crippen LogP contribution in [0.3, 0.4) is 0 Å². The van der Waals surface area contributed by atoms with Gasteiger partial charge in [-0.2, -0.15) is 0 Å². The summed E-state index contributed by atoms with van der Waals surface area (Å²) < 4.78 is 42.9. The Bertz CT molecular complexity index is 1170. The van der Waals surface area contributed by atoms with Gasteiger partial charge in [-0.1, -0.05) is 109 Å². The van der Waals surface area contributed by atoms with Gasteiger partial charge < -0.3 is 41.8 Å². The molecule has 0 bridgehead atoms. The highest BCUT2D eigenvalue weighted by molar-refractivity contribution is 6.78. The molecule has 55 heavy (non-hydrogen) atoms. The third-order valence-corrected chi connectivity index (χ3v) is 14.2. The van der Waals surface area contributed by atoms with Crippen LogP contribution in [0.25, 0.3) is 0 Å². The zero-order valence-electron chi connectivity index (χ0n) is 34.9. The van der Waals surface area contributed by atoms with Crippen molar-refractivity contribution in [3.05, 3.63) is 104 Å². The first-order valence-corrected chi connectivity index (χ1v) is 27.8. The molecule has 0 aliphatic carbocycles. The molecule has 2 aliphatic heterocycles. The van der Waals surface area contributed by atoms with Crippen LogP contribution in [0.15, 0.2) is 104 Å². The summed E-state index contributed by atoms with van der Waals surface area (Å²) in [7, 11) is -3.50. The van der Waals surface area contributed by atoms with Gasteiger partial charge in [0.25, 0.3) is 0 Å². The molecule has 314 valence electrons. The molecule has 3 aromatic rings. The van der Waals surface area contributed by atoms with Gasteiger partial charge in [-0.3, -0.25) is 0 Å². The van der Waals surface area contributed by atoms with Crippen LogP contribution < -0.4 is 14.2 Å². The summed E-state index contributed by atoms with van der Waals surface area (Å²) in [5, 5.41) is 9.45. The molecular formula is C43H76O9Si3.